The van der Waals surface area contributed by atoms with Crippen molar-refractivity contribution in [1.29, 1.82) is 0 Å². The molecule has 92 valence electrons. The molecule has 0 radical (unpaired) electrons. The van der Waals surface area contributed by atoms with Gasteiger partial charge in [-0.25, -0.2) is 0 Å². The molecule has 0 spiro atoms. The first-order valence-corrected chi connectivity index (χ1v) is 6.65. The highest BCUT2D eigenvalue weighted by atomic mass is 16.5. The maximum atomic E-state index is 10.2. The summed E-state index contributed by atoms with van der Waals surface area (Å²) in [5, 5.41) is 10.2. The SMILES string of the molecule is CC1CCC(C(O)CC2Cc3ccccc32)O1. The van der Waals surface area contributed by atoms with Gasteiger partial charge in [0.05, 0.1) is 18.3 Å². The van der Waals surface area contributed by atoms with Gasteiger partial charge in [-0.3, -0.25) is 0 Å². The molecule has 2 heteroatoms. The minimum atomic E-state index is -0.293. The molecule has 0 bridgehead atoms. The van der Waals surface area contributed by atoms with Crippen molar-refractivity contribution < 1.29 is 9.84 Å². The third kappa shape index (κ3) is 2.12. The van der Waals surface area contributed by atoms with E-state index in [0.29, 0.717) is 12.0 Å². The second-order valence-corrected chi connectivity index (χ2v) is 5.47. The van der Waals surface area contributed by atoms with E-state index in [0.717, 1.165) is 25.7 Å². The van der Waals surface area contributed by atoms with Gasteiger partial charge in [0.1, 0.15) is 0 Å². The molecule has 1 aliphatic carbocycles. The van der Waals surface area contributed by atoms with Crippen molar-refractivity contribution in [2.45, 2.75) is 56.8 Å². The second-order valence-electron chi connectivity index (χ2n) is 5.47. The van der Waals surface area contributed by atoms with Crippen molar-refractivity contribution in [2.75, 3.05) is 0 Å². The molecule has 17 heavy (non-hydrogen) atoms. The van der Waals surface area contributed by atoms with Crippen LogP contribution in [0.2, 0.25) is 0 Å². The molecule has 2 nitrogen and oxygen atoms in total. The summed E-state index contributed by atoms with van der Waals surface area (Å²) in [5.41, 5.74) is 2.88. The van der Waals surface area contributed by atoms with E-state index < -0.39 is 0 Å². The second kappa shape index (κ2) is 4.43. The predicted molar refractivity (Wildman–Crippen MR) is 67.1 cm³/mol. The van der Waals surface area contributed by atoms with Crippen molar-refractivity contribution in [3.63, 3.8) is 0 Å². The van der Waals surface area contributed by atoms with E-state index in [4.69, 9.17) is 4.74 Å². The summed E-state index contributed by atoms with van der Waals surface area (Å²) in [6.07, 6.45) is 4.17. The minimum absolute atomic E-state index is 0.0674. The van der Waals surface area contributed by atoms with Crippen LogP contribution in [-0.2, 0) is 11.2 Å². The lowest BCUT2D eigenvalue weighted by Crippen LogP contribution is -2.31. The van der Waals surface area contributed by atoms with Gasteiger partial charge in [-0.05, 0) is 49.7 Å². The van der Waals surface area contributed by atoms with Crippen LogP contribution >= 0.6 is 0 Å². The summed E-state index contributed by atoms with van der Waals surface area (Å²) in [6.45, 7) is 2.09. The molecular weight excluding hydrogens is 212 g/mol. The molecule has 0 amide bonds. The molecule has 2 aliphatic rings. The number of hydrogen-bond donors (Lipinski definition) is 1. The normalized spacial score (nSPS) is 32.9. The summed E-state index contributed by atoms with van der Waals surface area (Å²) in [7, 11) is 0. The summed E-state index contributed by atoms with van der Waals surface area (Å²) >= 11 is 0. The Hall–Kier alpha value is -0.860. The molecule has 1 aliphatic heterocycles. The van der Waals surface area contributed by atoms with Crippen LogP contribution in [0.5, 0.6) is 0 Å². The minimum Gasteiger partial charge on any atom is -0.390 e. The molecule has 4 atom stereocenters. The number of aliphatic hydroxyl groups is 1. The molecule has 1 N–H and O–H groups in total. The van der Waals surface area contributed by atoms with Gasteiger partial charge in [-0.2, -0.15) is 0 Å². The van der Waals surface area contributed by atoms with Crippen LogP contribution in [-0.4, -0.2) is 23.4 Å². The standard InChI is InChI=1S/C15H20O2/c1-10-6-7-15(17-10)14(16)9-12-8-11-4-2-3-5-13(11)12/h2-5,10,12,14-16H,6-9H2,1H3. The molecule has 1 aromatic carbocycles. The number of hydrogen-bond acceptors (Lipinski definition) is 2. The van der Waals surface area contributed by atoms with Gasteiger partial charge in [0.2, 0.25) is 0 Å². The van der Waals surface area contributed by atoms with E-state index in [1.165, 1.54) is 11.1 Å². The van der Waals surface area contributed by atoms with Crippen LogP contribution in [0, 0.1) is 0 Å². The molecule has 1 fully saturated rings. The first-order chi connectivity index (χ1) is 8.24. The number of aliphatic hydroxyl groups excluding tert-OH is 1. The van der Waals surface area contributed by atoms with Crippen LogP contribution in [0.15, 0.2) is 24.3 Å². The van der Waals surface area contributed by atoms with Gasteiger partial charge < -0.3 is 9.84 Å². The van der Waals surface area contributed by atoms with Gasteiger partial charge in [0, 0.05) is 0 Å². The van der Waals surface area contributed by atoms with Gasteiger partial charge in [-0.1, -0.05) is 24.3 Å². The van der Waals surface area contributed by atoms with Crippen LogP contribution in [0.3, 0.4) is 0 Å². The fraction of sp³-hybridized carbons (Fsp3) is 0.600. The molecule has 1 saturated heterocycles. The molecular formula is C15H20O2. The fourth-order valence-corrected chi connectivity index (χ4v) is 3.13. The Morgan fingerprint density at radius 1 is 1.35 bits per heavy atom. The van der Waals surface area contributed by atoms with Crippen molar-refractivity contribution in [1.82, 2.24) is 0 Å². The van der Waals surface area contributed by atoms with Crippen molar-refractivity contribution >= 4 is 0 Å². The third-order valence-electron chi connectivity index (χ3n) is 4.18. The van der Waals surface area contributed by atoms with E-state index >= 15 is 0 Å². The zero-order valence-corrected chi connectivity index (χ0v) is 10.3. The Morgan fingerprint density at radius 2 is 2.18 bits per heavy atom. The number of fused-ring (bicyclic) bond motifs is 1. The van der Waals surface area contributed by atoms with E-state index in [1.807, 2.05) is 0 Å². The first-order valence-electron chi connectivity index (χ1n) is 6.65. The summed E-state index contributed by atoms with van der Waals surface area (Å²) in [4.78, 5) is 0. The smallest absolute Gasteiger partial charge is 0.0838 e. The zero-order chi connectivity index (χ0) is 11.8. The highest BCUT2D eigenvalue weighted by Gasteiger charge is 2.33. The Labute approximate surface area is 103 Å². The highest BCUT2D eigenvalue weighted by Crippen LogP contribution is 2.39. The topological polar surface area (TPSA) is 29.5 Å². The van der Waals surface area contributed by atoms with Crippen LogP contribution < -0.4 is 0 Å². The van der Waals surface area contributed by atoms with Crippen LogP contribution in [0.1, 0.15) is 43.2 Å². The fourth-order valence-electron chi connectivity index (χ4n) is 3.13. The monoisotopic (exact) mass is 232 g/mol. The Morgan fingerprint density at radius 3 is 2.88 bits per heavy atom. The van der Waals surface area contributed by atoms with E-state index in [1.54, 1.807) is 0 Å². The lowest BCUT2D eigenvalue weighted by molar-refractivity contribution is -0.0347. The van der Waals surface area contributed by atoms with Crippen LogP contribution in [0.25, 0.3) is 0 Å². The molecule has 0 aromatic heterocycles. The lowest BCUT2D eigenvalue weighted by atomic mass is 9.74. The quantitative estimate of drug-likeness (QED) is 0.868. The third-order valence-corrected chi connectivity index (χ3v) is 4.18. The largest absolute Gasteiger partial charge is 0.390 e. The number of benzene rings is 1. The molecule has 0 saturated carbocycles. The maximum absolute atomic E-state index is 10.2. The Kier molecular flexibility index (Phi) is 2.93. The molecule has 3 rings (SSSR count). The van der Waals surface area contributed by atoms with Crippen molar-refractivity contribution in [3.05, 3.63) is 35.4 Å². The Bertz CT molecular complexity index is 402. The zero-order valence-electron chi connectivity index (χ0n) is 10.3. The number of rotatable bonds is 3. The van der Waals surface area contributed by atoms with Crippen molar-refractivity contribution in [3.8, 4) is 0 Å². The van der Waals surface area contributed by atoms with Crippen molar-refractivity contribution in [2.24, 2.45) is 0 Å². The Balaban J connectivity index is 1.59. The average Bonchev–Trinajstić information content (AvgIpc) is 2.73. The molecule has 1 heterocycles. The first kappa shape index (κ1) is 11.2. The summed E-state index contributed by atoms with van der Waals surface area (Å²) < 4.78 is 5.73. The lowest BCUT2D eigenvalue weighted by Gasteiger charge is -2.33. The van der Waals surface area contributed by atoms with Gasteiger partial charge >= 0.3 is 0 Å². The van der Waals surface area contributed by atoms with E-state index in [-0.39, 0.29) is 12.2 Å². The van der Waals surface area contributed by atoms with Gasteiger partial charge in [0.25, 0.3) is 0 Å². The predicted octanol–water partition coefficient (Wildman–Crippen LogP) is 2.64. The summed E-state index contributed by atoms with van der Waals surface area (Å²) in [5.74, 6) is 0.542. The van der Waals surface area contributed by atoms with E-state index in [2.05, 4.69) is 31.2 Å². The average molecular weight is 232 g/mol. The van der Waals surface area contributed by atoms with Crippen LogP contribution in [0.4, 0.5) is 0 Å². The highest BCUT2D eigenvalue weighted by molar-refractivity contribution is 5.39. The summed E-state index contributed by atoms with van der Waals surface area (Å²) in [6, 6.07) is 8.56. The van der Waals surface area contributed by atoms with Gasteiger partial charge in [-0.15, -0.1) is 0 Å². The molecule has 1 aromatic rings. The van der Waals surface area contributed by atoms with E-state index in [9.17, 15) is 5.11 Å². The maximum Gasteiger partial charge on any atom is 0.0838 e. The number of ether oxygens (including phenoxy) is 1. The van der Waals surface area contributed by atoms with Gasteiger partial charge in [0.15, 0.2) is 0 Å². The molecule has 4 unspecified atom stereocenters.